The zero-order valence-corrected chi connectivity index (χ0v) is 35.3. The van der Waals surface area contributed by atoms with Gasteiger partial charge in [0.15, 0.2) is 0 Å². The Bertz CT molecular complexity index is 2100. The number of alkyl halides is 2. The zero-order chi connectivity index (χ0) is 42.7. The highest BCUT2D eigenvalue weighted by Crippen LogP contribution is 2.50. The van der Waals surface area contributed by atoms with Gasteiger partial charge >= 0.3 is 6.09 Å². The van der Waals surface area contributed by atoms with Crippen LogP contribution in [0.1, 0.15) is 105 Å². The van der Waals surface area contributed by atoms with Gasteiger partial charge in [-0.15, -0.1) is 0 Å². The molecule has 5 aliphatic rings. The summed E-state index contributed by atoms with van der Waals surface area (Å²) in [5.74, 6) is -4.28. The predicted molar refractivity (Wildman–Crippen MR) is 211 cm³/mol. The lowest BCUT2D eigenvalue weighted by Crippen LogP contribution is -2.61. The van der Waals surface area contributed by atoms with E-state index >= 15 is 0 Å². The van der Waals surface area contributed by atoms with Gasteiger partial charge in [-0.2, -0.15) is 0 Å². The van der Waals surface area contributed by atoms with Crippen LogP contribution in [-0.4, -0.2) is 102 Å². The molecule has 59 heavy (non-hydrogen) atoms. The van der Waals surface area contributed by atoms with Crippen LogP contribution >= 0.6 is 0 Å². The second kappa shape index (κ2) is 15.9. The van der Waals surface area contributed by atoms with Crippen LogP contribution < -0.4 is 24.8 Å². The number of hydrogen-bond donors (Lipinski definition) is 3. The van der Waals surface area contributed by atoms with Gasteiger partial charge in [0.05, 0.1) is 35.4 Å². The summed E-state index contributed by atoms with van der Waals surface area (Å²) >= 11 is 0. The van der Waals surface area contributed by atoms with Gasteiger partial charge in [-0.3, -0.25) is 19.1 Å². The first-order chi connectivity index (χ1) is 27.8. The van der Waals surface area contributed by atoms with Gasteiger partial charge in [0.2, 0.25) is 34.1 Å². The number of nitrogens with zero attached hydrogens (tertiary/aromatic N) is 3. The van der Waals surface area contributed by atoms with E-state index in [1.807, 2.05) is 17.7 Å². The number of alkyl carbamates (subject to hydrolysis) is 1. The maximum Gasteiger partial charge on any atom is 0.408 e. The maximum atomic E-state index is 14.9. The molecular weight excluding hydrogens is 791 g/mol. The fraction of sp³-hybridized carbons (Fsp3) is 0.707. The van der Waals surface area contributed by atoms with Gasteiger partial charge < -0.3 is 29.7 Å². The molecule has 8 unspecified atom stereocenters. The minimum atomic E-state index is -4.25. The molecule has 2 bridgehead atoms. The fourth-order valence-corrected chi connectivity index (χ4v) is 9.91. The van der Waals surface area contributed by atoms with E-state index in [0.29, 0.717) is 61.0 Å². The summed E-state index contributed by atoms with van der Waals surface area (Å²) in [5.41, 5.74) is -1.43. The number of sulfonamides is 1. The molecule has 18 heteroatoms. The molecule has 4 fully saturated rings. The Morgan fingerprint density at radius 2 is 1.83 bits per heavy atom. The first kappa shape index (κ1) is 42.8. The molecule has 1 aromatic carbocycles. The van der Waals surface area contributed by atoms with Crippen LogP contribution in [0.15, 0.2) is 18.2 Å². The summed E-state index contributed by atoms with van der Waals surface area (Å²) in [6.45, 7) is 8.44. The van der Waals surface area contributed by atoms with Crippen molar-refractivity contribution in [1.82, 2.24) is 30.2 Å². The molecule has 3 saturated carbocycles. The topological polar surface area (TPSA) is 195 Å². The smallest absolute Gasteiger partial charge is 0.408 e. The number of hydrogen-bond acceptors (Lipinski definition) is 11. The van der Waals surface area contributed by atoms with Crippen molar-refractivity contribution in [3.05, 3.63) is 23.9 Å². The summed E-state index contributed by atoms with van der Waals surface area (Å²) < 4.78 is 73.8. The van der Waals surface area contributed by atoms with Crippen molar-refractivity contribution in [3.8, 4) is 11.6 Å². The van der Waals surface area contributed by atoms with Crippen LogP contribution in [0.4, 0.5) is 13.6 Å². The van der Waals surface area contributed by atoms with E-state index in [4.69, 9.17) is 24.2 Å². The molecule has 1 aromatic heterocycles. The van der Waals surface area contributed by atoms with E-state index in [0.717, 1.165) is 25.7 Å². The van der Waals surface area contributed by atoms with Gasteiger partial charge in [-0.25, -0.2) is 32.0 Å². The van der Waals surface area contributed by atoms with E-state index in [2.05, 4.69) is 10.6 Å². The van der Waals surface area contributed by atoms with Crippen molar-refractivity contribution >= 4 is 44.9 Å². The average molecular weight is 847 g/mol. The standard InChI is InChI=1S/C41H56F2N6O9S/c1-7-11-24-30-21-49(31(24)34(50)47-41(20-25(41)33(42)43)37(52)48-59(54,55)40(5)16-17-40)36(51)32(39(2,3)4)46-38(53)58-29-18-22(29)12-9-8-10-13-27-35(57-30)45-28-19-23(56-6)14-15-26(28)44-27/h14-15,19,22,24-25,29-33H,7-13,16-18,20-21H2,1-6H3,(H,46,53)(H,47,50)(H,48,52). The van der Waals surface area contributed by atoms with Gasteiger partial charge in [0.1, 0.15) is 41.3 Å². The van der Waals surface area contributed by atoms with Crippen molar-refractivity contribution in [2.24, 2.45) is 23.2 Å². The number of fused-ring (bicyclic) bond motifs is 5. The molecule has 3 heterocycles. The average Bonchev–Trinajstić information content (AvgIpc) is 4.12. The van der Waals surface area contributed by atoms with Crippen LogP contribution in [0.5, 0.6) is 11.6 Å². The number of rotatable bonds is 9. The fourth-order valence-electron chi connectivity index (χ4n) is 8.60. The summed E-state index contributed by atoms with van der Waals surface area (Å²) in [4.78, 5) is 67.9. The Balaban J connectivity index is 1.28. The number of nitrogens with one attached hydrogen (secondary N) is 3. The second-order valence-corrected chi connectivity index (χ2v) is 20.5. The number of methoxy groups -OCH3 is 1. The van der Waals surface area contributed by atoms with Crippen LogP contribution in [0.25, 0.3) is 11.0 Å². The Morgan fingerprint density at radius 1 is 1.08 bits per heavy atom. The van der Waals surface area contributed by atoms with Crippen LogP contribution in [0, 0.1) is 23.2 Å². The molecule has 4 amide bonds. The molecule has 3 N–H and O–H groups in total. The molecule has 324 valence electrons. The molecule has 0 radical (unpaired) electrons. The minimum Gasteiger partial charge on any atom is -0.497 e. The van der Waals surface area contributed by atoms with Gasteiger partial charge in [-0.05, 0) is 81.8 Å². The molecule has 1 saturated heterocycles. The van der Waals surface area contributed by atoms with Crippen molar-refractivity contribution < 1.29 is 50.6 Å². The van der Waals surface area contributed by atoms with E-state index in [9.17, 15) is 36.4 Å². The zero-order valence-electron chi connectivity index (χ0n) is 34.5. The Hall–Kier alpha value is -4.35. The lowest BCUT2D eigenvalue weighted by Gasteiger charge is -2.36. The van der Waals surface area contributed by atoms with Crippen molar-refractivity contribution in [2.45, 2.75) is 146 Å². The quantitative estimate of drug-likeness (QED) is 0.314. The molecular formula is C41H56F2N6O9S. The molecule has 8 atom stereocenters. The number of ether oxygens (including phenoxy) is 3. The lowest BCUT2D eigenvalue weighted by molar-refractivity contribution is -0.144. The van der Waals surface area contributed by atoms with Crippen LogP contribution in [-0.2, 0) is 35.6 Å². The van der Waals surface area contributed by atoms with Gasteiger partial charge in [0.25, 0.3) is 5.91 Å². The SMILES string of the molecule is CCCC1C2CN(C(=O)C(C(C)(C)C)NC(=O)OC3CC3CCCCCc3nc4ccc(OC)cc4nc3O2)C1C(=O)NC1(C(=O)NS(=O)(=O)C2(C)CC2)CC1C(F)F. The molecule has 15 nitrogen and oxygen atoms in total. The molecule has 3 aliphatic carbocycles. The monoisotopic (exact) mass is 846 g/mol. The minimum absolute atomic E-state index is 0.170. The second-order valence-electron chi connectivity index (χ2n) is 18.3. The van der Waals surface area contributed by atoms with E-state index in [1.54, 1.807) is 40.0 Å². The highest BCUT2D eigenvalue weighted by molar-refractivity contribution is 7.91. The first-order valence-electron chi connectivity index (χ1n) is 20.8. The number of halogens is 2. The third-order valence-corrected chi connectivity index (χ3v) is 15.0. The summed E-state index contributed by atoms with van der Waals surface area (Å²) in [5, 5.41) is 5.30. The number of benzene rings is 1. The Labute approximate surface area is 343 Å². The van der Waals surface area contributed by atoms with Crippen molar-refractivity contribution in [1.29, 1.82) is 0 Å². The molecule has 0 spiro atoms. The molecule has 7 rings (SSSR count). The number of amides is 4. The van der Waals surface area contributed by atoms with Gasteiger partial charge in [0, 0.05) is 12.0 Å². The maximum absolute atomic E-state index is 14.9. The third-order valence-electron chi connectivity index (χ3n) is 12.8. The van der Waals surface area contributed by atoms with E-state index < -0.39 is 92.4 Å². The Morgan fingerprint density at radius 3 is 2.47 bits per heavy atom. The number of carbonyl (C=O) groups is 4. The first-order valence-corrected chi connectivity index (χ1v) is 22.2. The lowest BCUT2D eigenvalue weighted by atomic mass is 9.85. The summed E-state index contributed by atoms with van der Waals surface area (Å²) in [6, 6.07) is 2.74. The summed E-state index contributed by atoms with van der Waals surface area (Å²) in [6.07, 6.45) is 0.581. The predicted octanol–water partition coefficient (Wildman–Crippen LogP) is 4.80. The van der Waals surface area contributed by atoms with Crippen LogP contribution in [0.3, 0.4) is 0 Å². The number of aryl methyl sites for hydroxylation is 1. The molecule has 2 aromatic rings. The third kappa shape index (κ3) is 8.65. The van der Waals surface area contributed by atoms with Gasteiger partial charge in [-0.1, -0.05) is 47.0 Å². The molecule has 2 aliphatic heterocycles. The Kier molecular flexibility index (Phi) is 11.5. The number of carbonyl (C=O) groups excluding carboxylic acids is 4. The largest absolute Gasteiger partial charge is 0.497 e. The van der Waals surface area contributed by atoms with Crippen LogP contribution in [0.2, 0.25) is 0 Å². The van der Waals surface area contributed by atoms with E-state index in [-0.39, 0.29) is 24.4 Å². The number of aromatic nitrogens is 2. The highest BCUT2D eigenvalue weighted by Gasteiger charge is 2.68. The van der Waals surface area contributed by atoms with Crippen molar-refractivity contribution in [3.63, 3.8) is 0 Å². The normalized spacial score (nSPS) is 30.7. The van der Waals surface area contributed by atoms with E-state index in [1.165, 1.54) is 11.8 Å². The highest BCUT2D eigenvalue weighted by atomic mass is 32.2. The summed E-state index contributed by atoms with van der Waals surface area (Å²) in [7, 11) is -2.71. The van der Waals surface area contributed by atoms with Crippen molar-refractivity contribution in [2.75, 3.05) is 13.7 Å².